The fourth-order valence-electron chi connectivity index (χ4n) is 4.33. The number of amides is 4. The fraction of sp³-hybridized carbons (Fsp3) is 0.385. The molecule has 0 aliphatic carbocycles. The van der Waals surface area contributed by atoms with Crippen LogP contribution in [0.1, 0.15) is 15.9 Å². The van der Waals surface area contributed by atoms with E-state index in [1.165, 1.54) is 9.80 Å². The first-order valence-electron chi connectivity index (χ1n) is 12.3. The fourth-order valence-corrected chi connectivity index (χ4v) is 5.89. The van der Waals surface area contributed by atoms with Crippen LogP contribution in [0, 0.1) is 0 Å². The molecule has 2 fully saturated rings. The van der Waals surface area contributed by atoms with E-state index in [1.54, 1.807) is 60.7 Å². The van der Waals surface area contributed by atoms with E-state index in [4.69, 9.17) is 4.74 Å². The average molecular weight is 543 g/mol. The first kappa shape index (κ1) is 27.3. The lowest BCUT2D eigenvalue weighted by molar-refractivity contribution is -0.126. The third-order valence-electron chi connectivity index (χ3n) is 6.33. The molecule has 2 atom stereocenters. The van der Waals surface area contributed by atoms with Gasteiger partial charge in [-0.15, -0.1) is 0 Å². The third kappa shape index (κ3) is 7.17. The van der Waals surface area contributed by atoms with E-state index in [-0.39, 0.29) is 30.5 Å². The zero-order chi connectivity index (χ0) is 27.1. The molecule has 0 radical (unpaired) electrons. The van der Waals surface area contributed by atoms with Gasteiger partial charge in [0.2, 0.25) is 5.91 Å². The van der Waals surface area contributed by atoms with Crippen molar-refractivity contribution in [3.8, 4) is 0 Å². The van der Waals surface area contributed by atoms with Crippen molar-refractivity contribution in [2.75, 3.05) is 45.1 Å². The number of nitrogens with one attached hydrogen (secondary N) is 2. The lowest BCUT2D eigenvalue weighted by Gasteiger charge is -2.29. The van der Waals surface area contributed by atoms with Gasteiger partial charge in [0.1, 0.15) is 12.1 Å². The highest BCUT2D eigenvalue weighted by Gasteiger charge is 2.37. The second-order valence-electron chi connectivity index (χ2n) is 9.22. The Morgan fingerprint density at radius 2 is 1.58 bits per heavy atom. The molecule has 1 unspecified atom stereocenters. The SMILES string of the molecule is O=C1CN(C(=O)c2ccccc2)CC1NC(=O)[C@H](CS(=O)(=O)Cc1ccccc1)NC(=O)N1CCOCC1. The van der Waals surface area contributed by atoms with Crippen LogP contribution in [0.2, 0.25) is 0 Å². The summed E-state index contributed by atoms with van der Waals surface area (Å²) in [6.45, 7) is 1.02. The number of nitrogens with zero attached hydrogens (tertiary/aromatic N) is 2. The van der Waals surface area contributed by atoms with Gasteiger partial charge >= 0.3 is 6.03 Å². The van der Waals surface area contributed by atoms with Crippen LogP contribution in [0.5, 0.6) is 0 Å². The molecule has 2 N–H and O–H groups in total. The molecule has 202 valence electrons. The van der Waals surface area contributed by atoms with E-state index >= 15 is 0 Å². The summed E-state index contributed by atoms with van der Waals surface area (Å²) < 4.78 is 31.2. The second kappa shape index (κ2) is 12.2. The molecule has 12 heteroatoms. The van der Waals surface area contributed by atoms with E-state index in [0.29, 0.717) is 37.4 Å². The Kier molecular flexibility index (Phi) is 8.74. The van der Waals surface area contributed by atoms with Gasteiger partial charge < -0.3 is 25.2 Å². The maximum absolute atomic E-state index is 13.3. The van der Waals surface area contributed by atoms with Crippen LogP contribution in [0.15, 0.2) is 60.7 Å². The summed E-state index contributed by atoms with van der Waals surface area (Å²) in [5.74, 6) is -2.51. The Morgan fingerprint density at radius 3 is 2.24 bits per heavy atom. The van der Waals surface area contributed by atoms with Gasteiger partial charge in [0.15, 0.2) is 15.6 Å². The van der Waals surface area contributed by atoms with Crippen LogP contribution in [0.3, 0.4) is 0 Å². The van der Waals surface area contributed by atoms with Gasteiger partial charge in [-0.3, -0.25) is 14.4 Å². The number of carbonyl (C=O) groups excluding carboxylic acids is 4. The number of rotatable bonds is 8. The maximum atomic E-state index is 13.3. The summed E-state index contributed by atoms with van der Waals surface area (Å²) in [7, 11) is -3.83. The number of hydrogen-bond donors (Lipinski definition) is 2. The van der Waals surface area contributed by atoms with E-state index in [0.717, 1.165) is 0 Å². The van der Waals surface area contributed by atoms with Gasteiger partial charge in [-0.25, -0.2) is 13.2 Å². The normalized spacial score (nSPS) is 18.6. The number of morpholine rings is 1. The predicted octanol–water partition coefficient (Wildman–Crippen LogP) is 0.222. The molecular weight excluding hydrogens is 512 g/mol. The standard InChI is InChI=1S/C26H30N4O7S/c31-23-16-30(25(33)20-9-5-2-6-10-20)15-21(23)27-24(32)22(28-26(34)29-11-13-37-14-12-29)18-38(35,36)17-19-7-3-1-4-8-19/h1-10,21-22H,11-18H2,(H,27,32)(H,28,34)/t21?,22-/m0/s1. The third-order valence-corrected chi connectivity index (χ3v) is 7.94. The van der Waals surface area contributed by atoms with Crippen LogP contribution in [-0.4, -0.2) is 99.1 Å². The number of Topliss-reactive ketones (excluding diaryl/α,β-unsaturated/α-hetero) is 1. The lowest BCUT2D eigenvalue weighted by atomic mass is 10.2. The molecular formula is C26H30N4O7S. The summed E-state index contributed by atoms with van der Waals surface area (Å²) >= 11 is 0. The van der Waals surface area contributed by atoms with Crippen molar-refractivity contribution in [1.82, 2.24) is 20.4 Å². The molecule has 2 saturated heterocycles. The van der Waals surface area contributed by atoms with Gasteiger partial charge in [-0.1, -0.05) is 48.5 Å². The van der Waals surface area contributed by atoms with Crippen molar-refractivity contribution in [3.05, 3.63) is 71.8 Å². The van der Waals surface area contributed by atoms with E-state index in [1.807, 2.05) is 0 Å². The minimum atomic E-state index is -3.83. The first-order chi connectivity index (χ1) is 18.2. The Bertz CT molecular complexity index is 1270. The van der Waals surface area contributed by atoms with Crippen LogP contribution >= 0.6 is 0 Å². The Labute approximate surface area is 221 Å². The van der Waals surface area contributed by atoms with Gasteiger partial charge in [0.25, 0.3) is 5.91 Å². The van der Waals surface area contributed by atoms with Gasteiger partial charge in [0, 0.05) is 25.2 Å². The number of ketones is 1. The largest absolute Gasteiger partial charge is 0.378 e. The van der Waals surface area contributed by atoms with Gasteiger partial charge in [-0.2, -0.15) is 0 Å². The predicted molar refractivity (Wildman–Crippen MR) is 138 cm³/mol. The Morgan fingerprint density at radius 1 is 0.947 bits per heavy atom. The van der Waals surface area contributed by atoms with Gasteiger partial charge in [0.05, 0.1) is 31.3 Å². The number of hydrogen-bond acceptors (Lipinski definition) is 7. The number of sulfone groups is 1. The molecule has 0 saturated carbocycles. The molecule has 2 aromatic carbocycles. The van der Waals surface area contributed by atoms with Crippen molar-refractivity contribution in [2.24, 2.45) is 0 Å². The molecule has 2 heterocycles. The van der Waals surface area contributed by atoms with Crippen molar-refractivity contribution in [1.29, 1.82) is 0 Å². The molecule has 0 spiro atoms. The molecule has 4 rings (SSSR count). The number of carbonyl (C=O) groups is 4. The summed E-state index contributed by atoms with van der Waals surface area (Å²) in [4.78, 5) is 54.2. The molecule has 0 bridgehead atoms. The topological polar surface area (TPSA) is 142 Å². The number of ether oxygens (including phenoxy) is 1. The van der Waals surface area contributed by atoms with Crippen LogP contribution in [0.25, 0.3) is 0 Å². The molecule has 11 nitrogen and oxygen atoms in total. The Balaban J connectivity index is 1.45. The van der Waals surface area contributed by atoms with Crippen LogP contribution in [-0.2, 0) is 29.9 Å². The van der Waals surface area contributed by atoms with Crippen LogP contribution in [0.4, 0.5) is 4.79 Å². The van der Waals surface area contributed by atoms with E-state index in [2.05, 4.69) is 10.6 Å². The number of benzene rings is 2. The van der Waals surface area contributed by atoms with Crippen molar-refractivity contribution in [2.45, 2.75) is 17.8 Å². The highest BCUT2D eigenvalue weighted by atomic mass is 32.2. The molecule has 38 heavy (non-hydrogen) atoms. The molecule has 0 aromatic heterocycles. The molecule has 2 aliphatic rings. The minimum Gasteiger partial charge on any atom is -0.378 e. The van der Waals surface area contributed by atoms with Crippen molar-refractivity contribution < 1.29 is 32.3 Å². The highest BCUT2D eigenvalue weighted by Crippen LogP contribution is 2.13. The average Bonchev–Trinajstić information content (AvgIpc) is 3.28. The monoisotopic (exact) mass is 542 g/mol. The summed E-state index contributed by atoms with van der Waals surface area (Å²) in [6.07, 6.45) is 0. The van der Waals surface area contributed by atoms with E-state index in [9.17, 15) is 27.6 Å². The number of likely N-dealkylation sites (tertiary alicyclic amines) is 1. The first-order valence-corrected chi connectivity index (χ1v) is 14.1. The van der Waals surface area contributed by atoms with E-state index < -0.39 is 39.6 Å². The molecule has 4 amide bonds. The summed E-state index contributed by atoms with van der Waals surface area (Å²) in [5.41, 5.74) is 0.960. The minimum absolute atomic E-state index is 0.0564. The van der Waals surface area contributed by atoms with Crippen molar-refractivity contribution in [3.63, 3.8) is 0 Å². The lowest BCUT2D eigenvalue weighted by Crippen LogP contribution is -2.57. The zero-order valence-electron chi connectivity index (χ0n) is 20.7. The quantitative estimate of drug-likeness (QED) is 0.486. The summed E-state index contributed by atoms with van der Waals surface area (Å²) in [5, 5.41) is 5.08. The second-order valence-corrected chi connectivity index (χ2v) is 11.3. The number of urea groups is 1. The highest BCUT2D eigenvalue weighted by molar-refractivity contribution is 7.90. The molecule has 2 aliphatic heterocycles. The summed E-state index contributed by atoms with van der Waals surface area (Å²) in [6, 6.07) is 13.9. The van der Waals surface area contributed by atoms with Gasteiger partial charge in [-0.05, 0) is 17.7 Å². The Hall–Kier alpha value is -3.77. The van der Waals surface area contributed by atoms with Crippen molar-refractivity contribution >= 4 is 33.5 Å². The zero-order valence-corrected chi connectivity index (χ0v) is 21.6. The maximum Gasteiger partial charge on any atom is 0.318 e. The van der Waals surface area contributed by atoms with Crippen LogP contribution < -0.4 is 10.6 Å². The molecule has 2 aromatic rings. The smallest absolute Gasteiger partial charge is 0.318 e.